The van der Waals surface area contributed by atoms with Crippen LogP contribution in [0.1, 0.15) is 37.3 Å². The van der Waals surface area contributed by atoms with Crippen molar-refractivity contribution in [3.63, 3.8) is 0 Å². The van der Waals surface area contributed by atoms with E-state index in [-0.39, 0.29) is 6.04 Å². The summed E-state index contributed by atoms with van der Waals surface area (Å²) in [6.07, 6.45) is 3.91. The van der Waals surface area contributed by atoms with Gasteiger partial charge >= 0.3 is 0 Å². The summed E-state index contributed by atoms with van der Waals surface area (Å²) in [5.41, 5.74) is 2.02. The Kier molecular flexibility index (Phi) is 4.54. The van der Waals surface area contributed by atoms with E-state index in [1.807, 2.05) is 13.0 Å². The Labute approximate surface area is 120 Å². The fraction of sp³-hybridized carbons (Fsp3) is 0.571. The van der Waals surface area contributed by atoms with E-state index in [1.165, 1.54) is 4.31 Å². The predicted molar refractivity (Wildman–Crippen MR) is 78.0 cm³/mol. The van der Waals surface area contributed by atoms with Gasteiger partial charge in [0.05, 0.1) is 4.90 Å². The first-order valence-electron chi connectivity index (χ1n) is 6.66. The number of hydrogen-bond donors (Lipinski definition) is 0. The molecule has 1 aliphatic rings. The van der Waals surface area contributed by atoms with Crippen LogP contribution in [0.4, 0.5) is 0 Å². The van der Waals surface area contributed by atoms with Gasteiger partial charge in [0.15, 0.2) is 0 Å². The molecule has 1 fully saturated rings. The largest absolute Gasteiger partial charge is 0.243 e. The van der Waals surface area contributed by atoms with Gasteiger partial charge in [0.2, 0.25) is 10.0 Å². The molecule has 19 heavy (non-hydrogen) atoms. The summed E-state index contributed by atoms with van der Waals surface area (Å²) < 4.78 is 26.5. The normalized spacial score (nSPS) is 16.6. The molecule has 0 aromatic heterocycles. The van der Waals surface area contributed by atoms with Crippen LogP contribution in [0.25, 0.3) is 0 Å². The van der Waals surface area contributed by atoms with Gasteiger partial charge in [-0.3, -0.25) is 0 Å². The van der Waals surface area contributed by atoms with Gasteiger partial charge in [-0.2, -0.15) is 4.31 Å². The van der Waals surface area contributed by atoms with Crippen molar-refractivity contribution in [1.29, 1.82) is 0 Å². The zero-order valence-electron chi connectivity index (χ0n) is 11.4. The van der Waals surface area contributed by atoms with Crippen LogP contribution in [0.15, 0.2) is 23.1 Å². The fourth-order valence-corrected chi connectivity index (χ4v) is 4.06. The number of nitrogens with zero attached hydrogens (tertiary/aromatic N) is 1. The van der Waals surface area contributed by atoms with E-state index >= 15 is 0 Å². The molecule has 0 unspecified atom stereocenters. The molecule has 0 aliphatic heterocycles. The average Bonchev–Trinajstić information content (AvgIpc) is 2.35. The van der Waals surface area contributed by atoms with Gasteiger partial charge in [0, 0.05) is 19.0 Å². The van der Waals surface area contributed by atoms with Crippen molar-refractivity contribution >= 4 is 21.6 Å². The smallest absolute Gasteiger partial charge is 0.207 e. The molecule has 1 saturated carbocycles. The summed E-state index contributed by atoms with van der Waals surface area (Å²) in [5, 5.41) is 0. The van der Waals surface area contributed by atoms with Crippen LogP contribution >= 0.6 is 11.6 Å². The van der Waals surface area contributed by atoms with Crippen LogP contribution in [0.5, 0.6) is 0 Å². The van der Waals surface area contributed by atoms with Crippen LogP contribution in [-0.2, 0) is 22.3 Å². The minimum absolute atomic E-state index is 0.162. The number of sulfonamides is 1. The maximum Gasteiger partial charge on any atom is 0.243 e. The third-order valence-corrected chi connectivity index (χ3v) is 6.16. The average molecular weight is 302 g/mol. The first-order valence-corrected chi connectivity index (χ1v) is 8.64. The van der Waals surface area contributed by atoms with E-state index in [0.29, 0.717) is 10.8 Å². The third kappa shape index (κ3) is 2.81. The van der Waals surface area contributed by atoms with Crippen molar-refractivity contribution in [3.05, 3.63) is 29.3 Å². The second-order valence-corrected chi connectivity index (χ2v) is 7.29. The van der Waals surface area contributed by atoms with Crippen molar-refractivity contribution in [3.8, 4) is 0 Å². The molecule has 0 atom stereocenters. The number of rotatable bonds is 5. The van der Waals surface area contributed by atoms with Crippen LogP contribution in [0, 0.1) is 0 Å². The first-order chi connectivity index (χ1) is 9.00. The third-order valence-electron chi connectivity index (χ3n) is 3.97. The minimum Gasteiger partial charge on any atom is -0.207 e. The molecule has 0 N–H and O–H groups in total. The molecule has 0 bridgehead atoms. The highest BCUT2D eigenvalue weighted by atomic mass is 35.5. The van der Waals surface area contributed by atoms with Crippen molar-refractivity contribution in [2.45, 2.75) is 49.4 Å². The van der Waals surface area contributed by atoms with Gasteiger partial charge in [-0.1, -0.05) is 19.4 Å². The Morgan fingerprint density at radius 3 is 2.47 bits per heavy atom. The Morgan fingerprint density at radius 2 is 2.00 bits per heavy atom. The molecule has 3 nitrogen and oxygen atoms in total. The highest BCUT2D eigenvalue weighted by Gasteiger charge is 2.31. The lowest BCUT2D eigenvalue weighted by Gasteiger charge is -2.33. The van der Waals surface area contributed by atoms with Gasteiger partial charge in [-0.05, 0) is 42.5 Å². The number of hydrogen-bond acceptors (Lipinski definition) is 2. The van der Waals surface area contributed by atoms with Gasteiger partial charge in [-0.25, -0.2) is 8.42 Å². The fourth-order valence-electron chi connectivity index (χ4n) is 2.34. The molecule has 0 saturated heterocycles. The zero-order valence-corrected chi connectivity index (χ0v) is 13.0. The summed E-state index contributed by atoms with van der Waals surface area (Å²) in [7, 11) is -1.71. The van der Waals surface area contributed by atoms with Crippen molar-refractivity contribution in [1.82, 2.24) is 4.31 Å². The molecule has 0 radical (unpaired) electrons. The summed E-state index contributed by atoms with van der Waals surface area (Å²) in [6.45, 7) is 2.04. The summed E-state index contributed by atoms with van der Waals surface area (Å²) in [6, 6.07) is 5.45. The van der Waals surface area contributed by atoms with Gasteiger partial charge in [0.25, 0.3) is 0 Å². The Morgan fingerprint density at radius 1 is 1.32 bits per heavy atom. The quantitative estimate of drug-likeness (QED) is 0.783. The molecular weight excluding hydrogens is 282 g/mol. The molecule has 1 aromatic carbocycles. The Bertz CT molecular complexity index is 553. The lowest BCUT2D eigenvalue weighted by atomic mass is 9.94. The molecule has 1 aliphatic carbocycles. The van der Waals surface area contributed by atoms with Crippen LogP contribution in [0.2, 0.25) is 0 Å². The van der Waals surface area contributed by atoms with Crippen molar-refractivity contribution in [2.24, 2.45) is 0 Å². The lowest BCUT2D eigenvalue weighted by molar-refractivity contribution is 0.249. The Balaban J connectivity index is 2.34. The van der Waals surface area contributed by atoms with Gasteiger partial charge in [-0.15, -0.1) is 11.6 Å². The standard InChI is InChI=1S/C14H20ClNO2S/c1-3-11-7-8-14(9-12(11)10-15)19(17,18)16(2)13-5-4-6-13/h7-9,13H,3-6,10H2,1-2H3. The van der Waals surface area contributed by atoms with E-state index in [1.54, 1.807) is 19.2 Å². The summed E-state index contributed by atoms with van der Waals surface area (Å²) in [5.74, 6) is 0.347. The molecule has 0 spiro atoms. The topological polar surface area (TPSA) is 37.4 Å². The molecule has 5 heteroatoms. The monoisotopic (exact) mass is 301 g/mol. The van der Waals surface area contributed by atoms with E-state index < -0.39 is 10.0 Å². The minimum atomic E-state index is -3.38. The van der Waals surface area contributed by atoms with Crippen LogP contribution in [0.3, 0.4) is 0 Å². The molecule has 2 rings (SSSR count). The second kappa shape index (κ2) is 5.81. The van der Waals surface area contributed by atoms with Gasteiger partial charge in [0.1, 0.15) is 0 Å². The predicted octanol–water partition coefficient (Wildman–Crippen LogP) is 3.16. The number of benzene rings is 1. The summed E-state index contributed by atoms with van der Waals surface area (Å²) >= 11 is 5.91. The second-order valence-electron chi connectivity index (χ2n) is 5.02. The van der Waals surface area contributed by atoms with Crippen LogP contribution in [-0.4, -0.2) is 25.8 Å². The van der Waals surface area contributed by atoms with E-state index in [2.05, 4.69) is 0 Å². The molecule has 1 aromatic rings. The van der Waals surface area contributed by atoms with Crippen molar-refractivity contribution < 1.29 is 8.42 Å². The van der Waals surface area contributed by atoms with E-state index in [4.69, 9.17) is 11.6 Å². The molecular formula is C14H20ClNO2S. The highest BCUT2D eigenvalue weighted by molar-refractivity contribution is 7.89. The number of aryl methyl sites for hydroxylation is 1. The van der Waals surface area contributed by atoms with Gasteiger partial charge < -0.3 is 0 Å². The van der Waals surface area contributed by atoms with Crippen LogP contribution < -0.4 is 0 Å². The van der Waals surface area contributed by atoms with E-state index in [0.717, 1.165) is 36.8 Å². The maximum absolute atomic E-state index is 12.5. The zero-order chi connectivity index (χ0) is 14.0. The molecule has 0 heterocycles. The maximum atomic E-state index is 12.5. The molecule has 106 valence electrons. The Hall–Kier alpha value is -0.580. The number of halogens is 1. The van der Waals surface area contributed by atoms with E-state index in [9.17, 15) is 8.42 Å². The number of alkyl halides is 1. The lowest BCUT2D eigenvalue weighted by Crippen LogP contribution is -2.41. The highest BCUT2D eigenvalue weighted by Crippen LogP contribution is 2.29. The molecule has 0 amide bonds. The SMILES string of the molecule is CCc1ccc(S(=O)(=O)N(C)C2CCC2)cc1CCl. The van der Waals surface area contributed by atoms with Crippen molar-refractivity contribution in [2.75, 3.05) is 7.05 Å². The first kappa shape index (κ1) is 14.8. The summed E-state index contributed by atoms with van der Waals surface area (Å²) in [4.78, 5) is 0.356.